The first-order valence-corrected chi connectivity index (χ1v) is 7.67. The fourth-order valence-electron chi connectivity index (χ4n) is 2.79. The topological polar surface area (TPSA) is 32.3 Å². The van der Waals surface area contributed by atoms with Crippen LogP contribution in [-0.4, -0.2) is 36.0 Å². The molecule has 18 heavy (non-hydrogen) atoms. The van der Waals surface area contributed by atoms with Gasteiger partial charge in [-0.15, -0.1) is 0 Å². The summed E-state index contributed by atoms with van der Waals surface area (Å²) in [6, 6.07) is 0.544. The molecule has 0 aromatic carbocycles. The van der Waals surface area contributed by atoms with Gasteiger partial charge in [0.1, 0.15) is 0 Å². The number of amides is 1. The van der Waals surface area contributed by atoms with Gasteiger partial charge < -0.3 is 10.2 Å². The number of likely N-dealkylation sites (N-methyl/N-ethyl adjacent to an activating group) is 1. The molecule has 106 valence electrons. The molecule has 0 saturated carbocycles. The van der Waals surface area contributed by atoms with Crippen molar-refractivity contribution in [3.8, 4) is 0 Å². The molecule has 0 aliphatic carbocycles. The van der Waals surface area contributed by atoms with Gasteiger partial charge in [0.15, 0.2) is 0 Å². The molecule has 1 aliphatic heterocycles. The van der Waals surface area contributed by atoms with Crippen molar-refractivity contribution in [3.05, 3.63) is 0 Å². The third-order valence-electron chi connectivity index (χ3n) is 4.24. The second-order valence-electron chi connectivity index (χ2n) is 5.61. The molecule has 0 bridgehead atoms. The number of hydrogen-bond donors (Lipinski definition) is 1. The largest absolute Gasteiger partial charge is 0.341 e. The van der Waals surface area contributed by atoms with Gasteiger partial charge in [0.25, 0.3) is 0 Å². The van der Waals surface area contributed by atoms with Crippen molar-refractivity contribution in [3.63, 3.8) is 0 Å². The van der Waals surface area contributed by atoms with Crippen molar-refractivity contribution in [1.82, 2.24) is 10.2 Å². The van der Waals surface area contributed by atoms with Crippen LogP contribution in [0.1, 0.15) is 59.8 Å². The number of carbonyl (C=O) groups excluding carboxylic acids is 1. The molecule has 1 aliphatic rings. The van der Waals surface area contributed by atoms with Crippen LogP contribution in [0, 0.1) is 5.92 Å². The third-order valence-corrected chi connectivity index (χ3v) is 4.24. The van der Waals surface area contributed by atoms with Crippen LogP contribution in [0.2, 0.25) is 0 Å². The minimum Gasteiger partial charge on any atom is -0.341 e. The van der Waals surface area contributed by atoms with Gasteiger partial charge >= 0.3 is 0 Å². The van der Waals surface area contributed by atoms with Gasteiger partial charge in [0.05, 0.1) is 6.04 Å². The molecular weight excluding hydrogens is 224 g/mol. The molecule has 1 rings (SSSR count). The van der Waals surface area contributed by atoms with Crippen LogP contribution in [0.5, 0.6) is 0 Å². The first kappa shape index (κ1) is 15.5. The van der Waals surface area contributed by atoms with E-state index in [1.54, 1.807) is 0 Å². The van der Waals surface area contributed by atoms with Gasteiger partial charge in [-0.25, -0.2) is 0 Å². The molecule has 3 nitrogen and oxygen atoms in total. The number of nitrogens with one attached hydrogen (secondary N) is 1. The SMILES string of the molecule is CCC(CC)CN(CC)C(=O)C1CCCC(C)N1. The first-order valence-electron chi connectivity index (χ1n) is 7.67. The summed E-state index contributed by atoms with van der Waals surface area (Å²) in [5, 5.41) is 3.45. The maximum atomic E-state index is 12.5. The Balaban J connectivity index is 2.55. The smallest absolute Gasteiger partial charge is 0.239 e. The van der Waals surface area contributed by atoms with Crippen molar-refractivity contribution in [2.24, 2.45) is 5.92 Å². The van der Waals surface area contributed by atoms with Gasteiger partial charge in [-0.2, -0.15) is 0 Å². The predicted molar refractivity (Wildman–Crippen MR) is 76.6 cm³/mol. The van der Waals surface area contributed by atoms with Gasteiger partial charge in [-0.05, 0) is 39.0 Å². The van der Waals surface area contributed by atoms with E-state index >= 15 is 0 Å². The normalized spacial score (nSPS) is 24.3. The fourth-order valence-corrected chi connectivity index (χ4v) is 2.79. The van der Waals surface area contributed by atoms with E-state index in [0.717, 1.165) is 32.4 Å². The number of carbonyl (C=O) groups is 1. The summed E-state index contributed by atoms with van der Waals surface area (Å²) in [6.45, 7) is 10.5. The molecule has 3 heteroatoms. The molecule has 2 atom stereocenters. The lowest BCUT2D eigenvalue weighted by molar-refractivity contribution is -0.134. The Morgan fingerprint density at radius 1 is 1.28 bits per heavy atom. The quantitative estimate of drug-likeness (QED) is 0.790. The molecule has 1 saturated heterocycles. The van der Waals surface area contributed by atoms with Crippen LogP contribution in [0.15, 0.2) is 0 Å². The van der Waals surface area contributed by atoms with Crippen molar-refractivity contribution < 1.29 is 4.79 Å². The maximum Gasteiger partial charge on any atom is 0.239 e. The summed E-state index contributed by atoms with van der Waals surface area (Å²) in [7, 11) is 0. The molecule has 1 N–H and O–H groups in total. The van der Waals surface area contributed by atoms with Gasteiger partial charge in [-0.3, -0.25) is 4.79 Å². The molecule has 0 radical (unpaired) electrons. The highest BCUT2D eigenvalue weighted by atomic mass is 16.2. The summed E-state index contributed by atoms with van der Waals surface area (Å²) in [4.78, 5) is 14.6. The second-order valence-corrected chi connectivity index (χ2v) is 5.61. The van der Waals surface area contributed by atoms with Crippen LogP contribution < -0.4 is 5.32 Å². The Morgan fingerprint density at radius 3 is 2.44 bits per heavy atom. The number of rotatable bonds is 6. The van der Waals surface area contributed by atoms with E-state index in [-0.39, 0.29) is 6.04 Å². The van der Waals surface area contributed by atoms with E-state index in [0.29, 0.717) is 17.9 Å². The van der Waals surface area contributed by atoms with E-state index in [2.05, 4.69) is 33.0 Å². The summed E-state index contributed by atoms with van der Waals surface area (Å²) in [6.07, 6.45) is 5.70. The van der Waals surface area contributed by atoms with Crippen LogP contribution in [0.25, 0.3) is 0 Å². The highest BCUT2D eigenvalue weighted by molar-refractivity contribution is 5.82. The highest BCUT2D eigenvalue weighted by Crippen LogP contribution is 2.16. The fraction of sp³-hybridized carbons (Fsp3) is 0.933. The van der Waals surface area contributed by atoms with E-state index in [1.807, 2.05) is 4.90 Å². The zero-order chi connectivity index (χ0) is 13.5. The average molecular weight is 254 g/mol. The molecule has 0 spiro atoms. The summed E-state index contributed by atoms with van der Waals surface area (Å²) >= 11 is 0. The Hall–Kier alpha value is -0.570. The molecular formula is C15H30N2O. The van der Waals surface area contributed by atoms with Crippen molar-refractivity contribution >= 4 is 5.91 Å². The Morgan fingerprint density at radius 2 is 1.94 bits per heavy atom. The summed E-state index contributed by atoms with van der Waals surface area (Å²) < 4.78 is 0. The van der Waals surface area contributed by atoms with Crippen molar-refractivity contribution in [2.75, 3.05) is 13.1 Å². The number of nitrogens with zero attached hydrogens (tertiary/aromatic N) is 1. The van der Waals surface area contributed by atoms with Crippen LogP contribution in [0.3, 0.4) is 0 Å². The summed E-state index contributed by atoms with van der Waals surface area (Å²) in [5.41, 5.74) is 0. The molecule has 1 amide bonds. The highest BCUT2D eigenvalue weighted by Gasteiger charge is 2.28. The third kappa shape index (κ3) is 4.27. The lowest BCUT2D eigenvalue weighted by Crippen LogP contribution is -2.52. The number of hydrogen-bond acceptors (Lipinski definition) is 2. The maximum absolute atomic E-state index is 12.5. The van der Waals surface area contributed by atoms with Crippen molar-refractivity contribution in [1.29, 1.82) is 0 Å². The van der Waals surface area contributed by atoms with Crippen molar-refractivity contribution in [2.45, 2.75) is 71.9 Å². The van der Waals surface area contributed by atoms with Crippen LogP contribution in [-0.2, 0) is 4.79 Å². The van der Waals surface area contributed by atoms with Gasteiger partial charge in [0, 0.05) is 19.1 Å². The van der Waals surface area contributed by atoms with Crippen LogP contribution in [0.4, 0.5) is 0 Å². The summed E-state index contributed by atoms with van der Waals surface area (Å²) in [5.74, 6) is 0.964. The number of piperidine rings is 1. The molecule has 2 unspecified atom stereocenters. The zero-order valence-electron chi connectivity index (χ0n) is 12.5. The van der Waals surface area contributed by atoms with E-state index in [9.17, 15) is 4.79 Å². The molecule has 1 heterocycles. The lowest BCUT2D eigenvalue weighted by atomic mass is 9.97. The molecule has 0 aromatic rings. The molecule has 1 fully saturated rings. The minimum absolute atomic E-state index is 0.0584. The Bertz CT molecular complexity index is 251. The van der Waals surface area contributed by atoms with E-state index in [4.69, 9.17) is 0 Å². The monoisotopic (exact) mass is 254 g/mol. The Kier molecular flexibility index (Phi) is 6.69. The van der Waals surface area contributed by atoms with Gasteiger partial charge in [-0.1, -0.05) is 26.7 Å². The Labute approximate surface area is 112 Å². The standard InChI is InChI=1S/C15H30N2O/c1-5-13(6-2)11-17(7-3)15(18)14-10-8-9-12(4)16-14/h12-14,16H,5-11H2,1-4H3. The average Bonchev–Trinajstić information content (AvgIpc) is 2.39. The second kappa shape index (κ2) is 7.78. The zero-order valence-corrected chi connectivity index (χ0v) is 12.5. The van der Waals surface area contributed by atoms with Gasteiger partial charge in [0.2, 0.25) is 5.91 Å². The molecule has 0 aromatic heterocycles. The van der Waals surface area contributed by atoms with Crippen LogP contribution >= 0.6 is 0 Å². The van der Waals surface area contributed by atoms with E-state index < -0.39 is 0 Å². The first-order chi connectivity index (χ1) is 8.62. The lowest BCUT2D eigenvalue weighted by Gasteiger charge is -2.33. The predicted octanol–water partition coefficient (Wildman–Crippen LogP) is 2.80. The minimum atomic E-state index is 0.0584. The van der Waals surface area contributed by atoms with E-state index in [1.165, 1.54) is 12.8 Å².